The van der Waals surface area contributed by atoms with E-state index in [1.54, 1.807) is 6.07 Å². The molecule has 0 amide bonds. The van der Waals surface area contributed by atoms with Gasteiger partial charge in [-0.15, -0.1) is 0 Å². The van der Waals surface area contributed by atoms with Gasteiger partial charge < -0.3 is 5.11 Å². The lowest BCUT2D eigenvalue weighted by Crippen LogP contribution is -1.91. The van der Waals surface area contributed by atoms with E-state index in [1.165, 1.54) is 0 Å². The Morgan fingerprint density at radius 2 is 1.87 bits per heavy atom. The van der Waals surface area contributed by atoms with Gasteiger partial charge in [0.2, 0.25) is 0 Å². The maximum Gasteiger partial charge on any atom is 0.0853 e. The molecule has 0 aliphatic carbocycles. The van der Waals surface area contributed by atoms with Crippen molar-refractivity contribution in [2.24, 2.45) is 0 Å². The third kappa shape index (κ3) is 2.17. The number of hydrogen-bond donors (Lipinski definition) is 1. The largest absolute Gasteiger partial charge is 0.390 e. The van der Waals surface area contributed by atoms with Crippen molar-refractivity contribution in [3.05, 3.63) is 53.2 Å². The van der Waals surface area contributed by atoms with Gasteiger partial charge in [0.1, 0.15) is 0 Å². The van der Waals surface area contributed by atoms with Crippen molar-refractivity contribution < 1.29 is 5.11 Å². The highest BCUT2D eigenvalue weighted by molar-refractivity contribution is 6.33. The summed E-state index contributed by atoms with van der Waals surface area (Å²) in [6, 6.07) is 13.0. The molecule has 15 heavy (non-hydrogen) atoms. The number of halogens is 1. The molecule has 1 heterocycles. The van der Waals surface area contributed by atoms with Crippen molar-refractivity contribution in [2.45, 2.75) is 6.61 Å². The molecule has 0 atom stereocenters. The summed E-state index contributed by atoms with van der Waals surface area (Å²) in [5.41, 5.74) is 2.31. The first-order valence-electron chi connectivity index (χ1n) is 4.63. The van der Waals surface area contributed by atoms with E-state index in [0.29, 0.717) is 10.7 Å². The van der Waals surface area contributed by atoms with Crippen molar-refractivity contribution in [3.8, 4) is 11.3 Å². The lowest BCUT2D eigenvalue weighted by molar-refractivity contribution is 0.277. The summed E-state index contributed by atoms with van der Waals surface area (Å²) in [4.78, 5) is 4.29. The van der Waals surface area contributed by atoms with Crippen LogP contribution in [-0.2, 0) is 6.61 Å². The molecule has 0 saturated heterocycles. The zero-order valence-corrected chi connectivity index (χ0v) is 8.78. The van der Waals surface area contributed by atoms with E-state index >= 15 is 0 Å². The topological polar surface area (TPSA) is 33.1 Å². The molecule has 76 valence electrons. The first-order valence-corrected chi connectivity index (χ1v) is 5.01. The second kappa shape index (κ2) is 4.43. The standard InChI is InChI=1S/C12H10ClNO/c13-11-6-2-1-5-10(11)12-7-3-4-9(8-15)14-12/h1-7,15H,8H2. The van der Waals surface area contributed by atoms with Gasteiger partial charge >= 0.3 is 0 Å². The van der Waals surface area contributed by atoms with E-state index < -0.39 is 0 Å². The van der Waals surface area contributed by atoms with Gasteiger partial charge in [0.05, 0.1) is 18.0 Å². The van der Waals surface area contributed by atoms with E-state index in [4.69, 9.17) is 16.7 Å². The van der Waals surface area contributed by atoms with Gasteiger partial charge in [0.15, 0.2) is 0 Å². The Morgan fingerprint density at radius 1 is 1.07 bits per heavy atom. The lowest BCUT2D eigenvalue weighted by Gasteiger charge is -2.04. The molecule has 0 bridgehead atoms. The molecule has 0 aliphatic rings. The van der Waals surface area contributed by atoms with Crippen LogP contribution in [-0.4, -0.2) is 10.1 Å². The van der Waals surface area contributed by atoms with Crippen LogP contribution in [0.3, 0.4) is 0 Å². The Bertz CT molecular complexity index is 471. The molecule has 0 spiro atoms. The SMILES string of the molecule is OCc1cccc(-c2ccccc2Cl)n1. The number of aliphatic hydroxyl groups is 1. The molecule has 0 unspecified atom stereocenters. The van der Waals surface area contributed by atoms with Gasteiger partial charge in [0.25, 0.3) is 0 Å². The number of hydrogen-bond acceptors (Lipinski definition) is 2. The average Bonchev–Trinajstić information content (AvgIpc) is 2.30. The van der Waals surface area contributed by atoms with Crippen LogP contribution in [0.2, 0.25) is 5.02 Å². The van der Waals surface area contributed by atoms with E-state index in [9.17, 15) is 0 Å². The molecule has 0 fully saturated rings. The van der Waals surface area contributed by atoms with Crippen molar-refractivity contribution in [2.75, 3.05) is 0 Å². The predicted octanol–water partition coefficient (Wildman–Crippen LogP) is 2.89. The molecule has 0 saturated carbocycles. The minimum absolute atomic E-state index is 0.0572. The number of aliphatic hydroxyl groups excluding tert-OH is 1. The first kappa shape index (κ1) is 10.1. The van der Waals surface area contributed by atoms with Gasteiger partial charge in [-0.1, -0.05) is 35.9 Å². The van der Waals surface area contributed by atoms with Crippen molar-refractivity contribution >= 4 is 11.6 Å². The molecule has 1 aromatic carbocycles. The Morgan fingerprint density at radius 3 is 2.60 bits per heavy atom. The summed E-state index contributed by atoms with van der Waals surface area (Å²) < 4.78 is 0. The minimum atomic E-state index is -0.0572. The normalized spacial score (nSPS) is 10.3. The Kier molecular flexibility index (Phi) is 2.99. The molecule has 2 aromatic rings. The predicted molar refractivity (Wildman–Crippen MR) is 60.6 cm³/mol. The van der Waals surface area contributed by atoms with Gasteiger partial charge in [-0.3, -0.25) is 4.98 Å². The van der Waals surface area contributed by atoms with Crippen LogP contribution in [0.1, 0.15) is 5.69 Å². The van der Waals surface area contributed by atoms with Crippen LogP contribution in [0.4, 0.5) is 0 Å². The van der Waals surface area contributed by atoms with E-state index in [2.05, 4.69) is 4.98 Å². The van der Waals surface area contributed by atoms with Crippen molar-refractivity contribution in [3.63, 3.8) is 0 Å². The fourth-order valence-corrected chi connectivity index (χ4v) is 1.62. The molecule has 0 radical (unpaired) electrons. The van der Waals surface area contributed by atoms with E-state index in [0.717, 1.165) is 11.3 Å². The van der Waals surface area contributed by atoms with Crippen LogP contribution >= 0.6 is 11.6 Å². The Labute approximate surface area is 93.2 Å². The summed E-state index contributed by atoms with van der Waals surface area (Å²) in [5.74, 6) is 0. The number of nitrogens with zero attached hydrogens (tertiary/aromatic N) is 1. The number of benzene rings is 1. The lowest BCUT2D eigenvalue weighted by atomic mass is 10.1. The third-order valence-electron chi connectivity index (χ3n) is 2.12. The maximum absolute atomic E-state index is 8.98. The maximum atomic E-state index is 8.98. The highest BCUT2D eigenvalue weighted by Crippen LogP contribution is 2.25. The van der Waals surface area contributed by atoms with Crippen LogP contribution in [0, 0.1) is 0 Å². The fraction of sp³-hybridized carbons (Fsp3) is 0.0833. The molecular formula is C12H10ClNO. The molecule has 3 heteroatoms. The summed E-state index contributed by atoms with van der Waals surface area (Å²) in [7, 11) is 0. The summed E-state index contributed by atoms with van der Waals surface area (Å²) in [5, 5.41) is 9.65. The second-order valence-electron chi connectivity index (χ2n) is 3.15. The van der Waals surface area contributed by atoms with E-state index in [-0.39, 0.29) is 6.61 Å². The third-order valence-corrected chi connectivity index (χ3v) is 2.45. The van der Waals surface area contributed by atoms with Crippen LogP contribution < -0.4 is 0 Å². The van der Waals surface area contributed by atoms with Crippen LogP contribution in [0.15, 0.2) is 42.5 Å². The van der Waals surface area contributed by atoms with Gasteiger partial charge in [-0.2, -0.15) is 0 Å². The van der Waals surface area contributed by atoms with Crippen LogP contribution in [0.5, 0.6) is 0 Å². The summed E-state index contributed by atoms with van der Waals surface area (Å²) in [6.45, 7) is -0.0572. The highest BCUT2D eigenvalue weighted by Gasteiger charge is 2.03. The zero-order chi connectivity index (χ0) is 10.7. The molecule has 1 aromatic heterocycles. The second-order valence-corrected chi connectivity index (χ2v) is 3.56. The molecule has 1 N–H and O–H groups in total. The quantitative estimate of drug-likeness (QED) is 0.843. The molecule has 2 nitrogen and oxygen atoms in total. The smallest absolute Gasteiger partial charge is 0.0853 e. The average molecular weight is 220 g/mol. The minimum Gasteiger partial charge on any atom is -0.390 e. The highest BCUT2D eigenvalue weighted by atomic mass is 35.5. The van der Waals surface area contributed by atoms with Crippen molar-refractivity contribution in [1.29, 1.82) is 0 Å². The van der Waals surface area contributed by atoms with E-state index in [1.807, 2.05) is 36.4 Å². The molecule has 2 rings (SSSR count). The molecule has 0 aliphatic heterocycles. The van der Waals surface area contributed by atoms with Gasteiger partial charge in [-0.25, -0.2) is 0 Å². The fourth-order valence-electron chi connectivity index (χ4n) is 1.39. The number of rotatable bonds is 2. The number of aromatic nitrogens is 1. The van der Waals surface area contributed by atoms with Crippen LogP contribution in [0.25, 0.3) is 11.3 Å². The Balaban J connectivity index is 2.49. The summed E-state index contributed by atoms with van der Waals surface area (Å²) >= 11 is 6.05. The number of pyridine rings is 1. The Hall–Kier alpha value is -1.38. The van der Waals surface area contributed by atoms with Crippen molar-refractivity contribution in [1.82, 2.24) is 4.98 Å². The monoisotopic (exact) mass is 219 g/mol. The van der Waals surface area contributed by atoms with Gasteiger partial charge in [0, 0.05) is 10.6 Å². The molecular weight excluding hydrogens is 210 g/mol. The van der Waals surface area contributed by atoms with Gasteiger partial charge in [-0.05, 0) is 18.2 Å². The zero-order valence-electron chi connectivity index (χ0n) is 8.02. The summed E-state index contributed by atoms with van der Waals surface area (Å²) in [6.07, 6.45) is 0. The first-order chi connectivity index (χ1) is 7.31.